The number of esters is 2. The van der Waals surface area contributed by atoms with Gasteiger partial charge < -0.3 is 24.0 Å². The fourth-order valence-electron chi connectivity index (χ4n) is 4.75. The number of likely N-dealkylation sites (N-methyl/N-ethyl adjacent to an activating group) is 1. The lowest BCUT2D eigenvalue weighted by Gasteiger charge is -2.24. The number of aliphatic hydroxyl groups excluding tert-OH is 1. The molecule has 0 saturated heterocycles. The van der Waals surface area contributed by atoms with Gasteiger partial charge in [-0.1, -0.05) is 131 Å². The molecular formula is C44H75NO9P+. The van der Waals surface area contributed by atoms with E-state index in [2.05, 4.69) is 44.2 Å². The highest BCUT2D eigenvalue weighted by Crippen LogP contribution is 2.43. The second-order valence-corrected chi connectivity index (χ2v) is 15.9. The Kier molecular flexibility index (Phi) is 33.7. The predicted octanol–water partition coefficient (Wildman–Crippen LogP) is 10.2. The first-order valence-corrected chi connectivity index (χ1v) is 21.9. The number of ether oxygens (including phenoxy) is 2. The molecular weight excluding hydrogens is 717 g/mol. The number of carbonyl (C=O) groups is 2. The Morgan fingerprint density at radius 1 is 0.673 bits per heavy atom. The highest BCUT2D eigenvalue weighted by molar-refractivity contribution is 7.47. The summed E-state index contributed by atoms with van der Waals surface area (Å²) in [6.45, 7) is 4.05. The fraction of sp³-hybridized carbons (Fsp3) is 0.636. The molecule has 2 unspecified atom stereocenters. The molecule has 0 aliphatic heterocycles. The minimum atomic E-state index is -4.40. The number of hydrogen-bond donors (Lipinski definition) is 2. The number of nitrogens with zero attached hydrogens (tertiary/aromatic N) is 1. The first kappa shape index (κ1) is 52.2. The zero-order valence-electron chi connectivity index (χ0n) is 34.7. The van der Waals surface area contributed by atoms with E-state index < -0.39 is 38.6 Å². The van der Waals surface area contributed by atoms with Crippen LogP contribution in [0.3, 0.4) is 0 Å². The maximum atomic E-state index is 12.6. The fourth-order valence-corrected chi connectivity index (χ4v) is 5.49. The average molecular weight is 793 g/mol. The van der Waals surface area contributed by atoms with E-state index in [9.17, 15) is 24.2 Å². The van der Waals surface area contributed by atoms with Gasteiger partial charge in [0.1, 0.15) is 19.8 Å². The Morgan fingerprint density at radius 3 is 2.00 bits per heavy atom. The number of rotatable bonds is 35. The van der Waals surface area contributed by atoms with Crippen molar-refractivity contribution in [2.75, 3.05) is 47.5 Å². The smallest absolute Gasteiger partial charge is 0.462 e. The van der Waals surface area contributed by atoms with E-state index in [0.29, 0.717) is 30.3 Å². The van der Waals surface area contributed by atoms with Crippen LogP contribution in [0.5, 0.6) is 0 Å². The second-order valence-electron chi connectivity index (χ2n) is 14.5. The first-order valence-electron chi connectivity index (χ1n) is 20.4. The standard InChI is InChI=1S/C44H74NO9P/c1-6-8-10-12-14-15-16-21-24-28-32-36-44(48)54-42(40-53-55(49,50)52-38-37-45(3,4)5)39-51-43(47)35-31-27-23-20-18-17-19-22-26-30-34-41(46)33-29-25-13-11-9-7-2/h9,11-12,14,17-18,22-23,25-27,29-30,34,41-42,46H,6-8,10,13,15-16,19-21,24,28,31-33,35-40H2,1-5H3/p+1/b11-9-,14-12-,18-17-,26-22-,27-23-,29-25-,34-30+/t41?,42-/m1/s1. The second kappa shape index (κ2) is 35.6. The van der Waals surface area contributed by atoms with Crippen LogP contribution in [-0.4, -0.2) is 86.1 Å². The third kappa shape index (κ3) is 39.2. The van der Waals surface area contributed by atoms with Crippen LogP contribution >= 0.6 is 7.82 Å². The summed E-state index contributed by atoms with van der Waals surface area (Å²) in [5.41, 5.74) is 0. The summed E-state index contributed by atoms with van der Waals surface area (Å²) in [7, 11) is 1.39. The van der Waals surface area contributed by atoms with Gasteiger partial charge >= 0.3 is 19.8 Å². The summed E-state index contributed by atoms with van der Waals surface area (Å²) >= 11 is 0. The molecule has 3 atom stereocenters. The van der Waals surface area contributed by atoms with Gasteiger partial charge in [0.25, 0.3) is 0 Å². The molecule has 0 aromatic heterocycles. The van der Waals surface area contributed by atoms with Gasteiger partial charge in [-0.2, -0.15) is 0 Å². The third-order valence-electron chi connectivity index (χ3n) is 8.00. The molecule has 0 bridgehead atoms. The molecule has 0 aliphatic carbocycles. The van der Waals surface area contributed by atoms with Gasteiger partial charge in [-0.25, -0.2) is 4.57 Å². The molecule has 0 amide bonds. The number of quaternary nitrogens is 1. The number of hydrogen-bond acceptors (Lipinski definition) is 8. The number of aliphatic hydroxyl groups is 1. The van der Waals surface area contributed by atoms with Gasteiger partial charge in [0, 0.05) is 12.8 Å². The lowest BCUT2D eigenvalue weighted by Crippen LogP contribution is -2.37. The average Bonchev–Trinajstić information content (AvgIpc) is 3.13. The van der Waals surface area contributed by atoms with E-state index in [1.807, 2.05) is 69.8 Å². The van der Waals surface area contributed by atoms with Crippen LogP contribution in [0.15, 0.2) is 85.1 Å². The summed E-state index contributed by atoms with van der Waals surface area (Å²) in [5, 5.41) is 9.99. The van der Waals surface area contributed by atoms with Crippen molar-refractivity contribution in [3.05, 3.63) is 85.1 Å². The van der Waals surface area contributed by atoms with Crippen LogP contribution in [0.25, 0.3) is 0 Å². The van der Waals surface area contributed by atoms with Crippen molar-refractivity contribution >= 4 is 19.8 Å². The summed E-state index contributed by atoms with van der Waals surface area (Å²) in [5.74, 6) is -0.949. The Morgan fingerprint density at radius 2 is 1.29 bits per heavy atom. The van der Waals surface area contributed by atoms with Gasteiger partial charge in [0.2, 0.25) is 0 Å². The van der Waals surface area contributed by atoms with E-state index in [1.54, 1.807) is 6.08 Å². The molecule has 0 aromatic rings. The van der Waals surface area contributed by atoms with Crippen LogP contribution in [0.2, 0.25) is 0 Å². The lowest BCUT2D eigenvalue weighted by molar-refractivity contribution is -0.870. The van der Waals surface area contributed by atoms with Crippen molar-refractivity contribution in [3.63, 3.8) is 0 Å². The van der Waals surface area contributed by atoms with Crippen LogP contribution in [0.4, 0.5) is 0 Å². The summed E-state index contributed by atoms with van der Waals surface area (Å²) < 4.78 is 34.0. The molecule has 0 aliphatic rings. The van der Waals surface area contributed by atoms with Crippen LogP contribution in [-0.2, 0) is 32.7 Å². The van der Waals surface area contributed by atoms with Crippen LogP contribution < -0.4 is 0 Å². The van der Waals surface area contributed by atoms with E-state index in [4.69, 9.17) is 18.5 Å². The molecule has 2 N–H and O–H groups in total. The van der Waals surface area contributed by atoms with E-state index in [-0.39, 0.29) is 26.1 Å². The predicted molar refractivity (Wildman–Crippen MR) is 225 cm³/mol. The van der Waals surface area contributed by atoms with Crippen LogP contribution in [0, 0.1) is 0 Å². The molecule has 0 spiro atoms. The lowest BCUT2D eigenvalue weighted by atomic mass is 10.1. The highest BCUT2D eigenvalue weighted by Gasteiger charge is 2.27. The Hall–Kier alpha value is -2.85. The normalized spacial score (nSPS) is 15.1. The van der Waals surface area contributed by atoms with Gasteiger partial charge in [-0.05, 0) is 64.2 Å². The van der Waals surface area contributed by atoms with Crippen molar-refractivity contribution < 1.29 is 47.2 Å². The first-order chi connectivity index (χ1) is 26.4. The monoisotopic (exact) mass is 793 g/mol. The maximum absolute atomic E-state index is 12.6. The number of carbonyl (C=O) groups excluding carboxylic acids is 2. The number of phosphoric ester groups is 1. The summed E-state index contributed by atoms with van der Waals surface area (Å²) in [6, 6.07) is 0. The zero-order chi connectivity index (χ0) is 40.9. The van der Waals surface area contributed by atoms with E-state index in [0.717, 1.165) is 64.2 Å². The topological polar surface area (TPSA) is 129 Å². The number of allylic oxidation sites excluding steroid dienone is 12. The molecule has 10 nitrogen and oxygen atoms in total. The van der Waals surface area contributed by atoms with E-state index in [1.165, 1.54) is 12.8 Å². The SMILES string of the molecule is CC/C=C\C/C=C\CC(O)/C=C/C=C\C/C=C\C/C=C\CCC(=O)OC[C@H](COP(=O)(O)OCC[N+](C)(C)C)OC(=O)CCCCCCC/C=C\CCCC. The number of unbranched alkanes of at least 4 members (excludes halogenated alkanes) is 7. The third-order valence-corrected chi connectivity index (χ3v) is 8.99. The Balaban J connectivity index is 4.59. The van der Waals surface area contributed by atoms with Gasteiger partial charge in [0.15, 0.2) is 6.10 Å². The molecule has 11 heteroatoms. The van der Waals surface area contributed by atoms with Crippen molar-refractivity contribution in [2.45, 2.75) is 135 Å². The quantitative estimate of drug-likeness (QED) is 0.0161. The molecule has 0 radical (unpaired) electrons. The maximum Gasteiger partial charge on any atom is 0.472 e. The molecule has 314 valence electrons. The van der Waals surface area contributed by atoms with Crippen molar-refractivity contribution in [3.8, 4) is 0 Å². The van der Waals surface area contributed by atoms with E-state index >= 15 is 0 Å². The van der Waals surface area contributed by atoms with Crippen LogP contribution in [0.1, 0.15) is 123 Å². The van der Waals surface area contributed by atoms with Gasteiger partial charge in [-0.3, -0.25) is 18.6 Å². The highest BCUT2D eigenvalue weighted by atomic mass is 31.2. The molecule has 0 rings (SSSR count). The number of phosphoric acid groups is 1. The summed E-state index contributed by atoms with van der Waals surface area (Å²) in [6.07, 6.45) is 41.1. The minimum absolute atomic E-state index is 0.00597. The Labute approximate surface area is 333 Å². The van der Waals surface area contributed by atoms with Crippen molar-refractivity contribution in [1.82, 2.24) is 0 Å². The van der Waals surface area contributed by atoms with Crippen molar-refractivity contribution in [2.24, 2.45) is 0 Å². The Bertz CT molecular complexity index is 1230. The van der Waals surface area contributed by atoms with Gasteiger partial charge in [-0.15, -0.1) is 0 Å². The molecule has 0 fully saturated rings. The zero-order valence-corrected chi connectivity index (χ0v) is 35.6. The molecule has 0 aromatic carbocycles. The molecule has 0 heterocycles. The summed E-state index contributed by atoms with van der Waals surface area (Å²) in [4.78, 5) is 35.2. The van der Waals surface area contributed by atoms with Crippen molar-refractivity contribution in [1.29, 1.82) is 0 Å². The largest absolute Gasteiger partial charge is 0.472 e. The molecule has 0 saturated carbocycles. The minimum Gasteiger partial charge on any atom is -0.462 e. The van der Waals surface area contributed by atoms with Gasteiger partial charge in [0.05, 0.1) is 33.9 Å². The molecule has 55 heavy (non-hydrogen) atoms.